The van der Waals surface area contributed by atoms with Crippen molar-refractivity contribution in [2.45, 2.75) is 6.92 Å². The highest BCUT2D eigenvalue weighted by Gasteiger charge is 2.33. The van der Waals surface area contributed by atoms with Crippen molar-refractivity contribution in [2.24, 2.45) is 0 Å². The first-order chi connectivity index (χ1) is 13.9. The number of amides is 2. The second-order valence-corrected chi connectivity index (χ2v) is 7.53. The second-order valence-electron chi connectivity index (χ2n) is 5.85. The van der Waals surface area contributed by atoms with Crippen LogP contribution in [0.5, 0.6) is 17.2 Å². The second kappa shape index (κ2) is 8.97. The standard InChI is InChI=1S/C20H18N2O5S2/c1-3-27-15-8-7-12(9-16(15)26-2)10-17-19(25)22(20(28)29-17)21-18(24)13-5-4-6-14(23)11-13/h4-11,23H,3H2,1-2H3,(H,21,24). The fraction of sp³-hybridized carbons (Fsp3) is 0.150. The Morgan fingerprint density at radius 3 is 2.76 bits per heavy atom. The Kier molecular flexibility index (Phi) is 6.40. The molecule has 0 saturated carbocycles. The third kappa shape index (κ3) is 4.69. The van der Waals surface area contributed by atoms with Crippen LogP contribution >= 0.6 is 24.0 Å². The number of aromatic hydroxyl groups is 1. The third-order valence-corrected chi connectivity index (χ3v) is 5.20. The molecule has 1 heterocycles. The van der Waals surface area contributed by atoms with E-state index in [0.29, 0.717) is 23.0 Å². The van der Waals surface area contributed by atoms with E-state index in [1.807, 2.05) is 6.92 Å². The number of carbonyl (C=O) groups excluding carboxylic acids is 2. The summed E-state index contributed by atoms with van der Waals surface area (Å²) in [4.78, 5) is 25.4. The summed E-state index contributed by atoms with van der Waals surface area (Å²) in [6.45, 7) is 2.39. The summed E-state index contributed by atoms with van der Waals surface area (Å²) < 4.78 is 11.0. The number of nitrogens with zero attached hydrogens (tertiary/aromatic N) is 1. The number of phenols is 1. The highest BCUT2D eigenvalue weighted by Crippen LogP contribution is 2.34. The molecule has 2 amide bonds. The van der Waals surface area contributed by atoms with Gasteiger partial charge in [0.25, 0.3) is 11.8 Å². The topological polar surface area (TPSA) is 88.1 Å². The highest BCUT2D eigenvalue weighted by molar-refractivity contribution is 8.26. The van der Waals surface area contributed by atoms with Crippen molar-refractivity contribution in [2.75, 3.05) is 13.7 Å². The molecule has 1 aliphatic rings. The van der Waals surface area contributed by atoms with E-state index in [-0.39, 0.29) is 15.6 Å². The molecule has 0 spiro atoms. The van der Waals surface area contributed by atoms with Gasteiger partial charge in [-0.1, -0.05) is 23.9 Å². The number of methoxy groups -OCH3 is 1. The molecule has 9 heteroatoms. The maximum atomic E-state index is 12.7. The van der Waals surface area contributed by atoms with Crippen LogP contribution in [0.2, 0.25) is 0 Å². The van der Waals surface area contributed by atoms with Crippen molar-refractivity contribution in [1.82, 2.24) is 10.4 Å². The van der Waals surface area contributed by atoms with Gasteiger partial charge in [0.2, 0.25) is 0 Å². The molecule has 3 rings (SSSR count). The monoisotopic (exact) mass is 430 g/mol. The summed E-state index contributed by atoms with van der Waals surface area (Å²) in [6.07, 6.45) is 1.66. The first-order valence-corrected chi connectivity index (χ1v) is 9.84. The Labute approximate surface area is 177 Å². The SMILES string of the molecule is CCOc1ccc(C=C2SC(=S)N(NC(=O)c3cccc(O)c3)C2=O)cc1OC. The van der Waals surface area contributed by atoms with Gasteiger partial charge in [-0.15, -0.1) is 0 Å². The summed E-state index contributed by atoms with van der Waals surface area (Å²) >= 11 is 6.30. The molecule has 0 aromatic heterocycles. The highest BCUT2D eigenvalue weighted by atomic mass is 32.2. The minimum atomic E-state index is -0.554. The molecule has 2 aromatic carbocycles. The molecular formula is C20H18N2O5S2. The largest absolute Gasteiger partial charge is 0.508 e. The van der Waals surface area contributed by atoms with E-state index in [2.05, 4.69) is 5.43 Å². The van der Waals surface area contributed by atoms with E-state index in [4.69, 9.17) is 21.7 Å². The number of carbonyl (C=O) groups is 2. The normalized spacial score (nSPS) is 15.0. The molecule has 29 heavy (non-hydrogen) atoms. The number of thiocarbonyl (C=S) groups is 1. The average Bonchev–Trinajstić information content (AvgIpc) is 2.96. The number of phenolic OH excluding ortho intramolecular Hbond substituents is 1. The third-order valence-electron chi connectivity index (χ3n) is 3.90. The van der Waals surface area contributed by atoms with E-state index in [1.54, 1.807) is 24.3 Å². The van der Waals surface area contributed by atoms with Crippen LogP contribution in [-0.2, 0) is 4.79 Å². The molecular weight excluding hydrogens is 412 g/mol. The Morgan fingerprint density at radius 2 is 2.07 bits per heavy atom. The molecule has 0 radical (unpaired) electrons. The molecule has 0 unspecified atom stereocenters. The van der Waals surface area contributed by atoms with E-state index in [9.17, 15) is 14.7 Å². The van der Waals surface area contributed by atoms with Gasteiger partial charge in [-0.05, 0) is 61.1 Å². The number of nitrogens with one attached hydrogen (secondary N) is 1. The van der Waals surface area contributed by atoms with Crippen LogP contribution in [0.15, 0.2) is 47.4 Å². The molecule has 0 bridgehead atoms. The van der Waals surface area contributed by atoms with Crippen LogP contribution in [0.1, 0.15) is 22.8 Å². The van der Waals surface area contributed by atoms with Gasteiger partial charge >= 0.3 is 0 Å². The number of hydrogen-bond acceptors (Lipinski definition) is 7. The van der Waals surface area contributed by atoms with Gasteiger partial charge < -0.3 is 14.6 Å². The minimum Gasteiger partial charge on any atom is -0.508 e. The van der Waals surface area contributed by atoms with Crippen molar-refractivity contribution in [1.29, 1.82) is 0 Å². The molecule has 1 saturated heterocycles. The lowest BCUT2D eigenvalue weighted by Crippen LogP contribution is -2.44. The number of hydrazine groups is 1. The van der Waals surface area contributed by atoms with Crippen molar-refractivity contribution in [3.8, 4) is 17.2 Å². The van der Waals surface area contributed by atoms with Gasteiger partial charge in [-0.25, -0.2) is 0 Å². The molecule has 0 atom stereocenters. The van der Waals surface area contributed by atoms with Crippen LogP contribution in [0, 0.1) is 0 Å². The number of benzene rings is 2. The molecule has 1 aliphatic heterocycles. The summed E-state index contributed by atoms with van der Waals surface area (Å²) in [5, 5.41) is 10.5. The van der Waals surface area contributed by atoms with Crippen molar-refractivity contribution >= 4 is 46.2 Å². The van der Waals surface area contributed by atoms with E-state index >= 15 is 0 Å². The van der Waals surface area contributed by atoms with Gasteiger partial charge in [-0.3, -0.25) is 15.0 Å². The Hall–Kier alpha value is -3.04. The predicted molar refractivity (Wildman–Crippen MR) is 115 cm³/mol. The van der Waals surface area contributed by atoms with Crippen molar-refractivity contribution in [3.05, 3.63) is 58.5 Å². The van der Waals surface area contributed by atoms with Gasteiger partial charge in [0.15, 0.2) is 15.8 Å². The number of thioether (sulfide) groups is 1. The fourth-order valence-corrected chi connectivity index (χ4v) is 3.76. The predicted octanol–water partition coefficient (Wildman–Crippen LogP) is 3.35. The van der Waals surface area contributed by atoms with Gasteiger partial charge in [0.1, 0.15) is 5.75 Å². The van der Waals surface area contributed by atoms with Crippen LogP contribution < -0.4 is 14.9 Å². The van der Waals surface area contributed by atoms with Crippen LogP contribution in [0.3, 0.4) is 0 Å². The lowest BCUT2D eigenvalue weighted by atomic mass is 10.2. The van der Waals surface area contributed by atoms with Gasteiger partial charge in [0, 0.05) is 5.56 Å². The molecule has 7 nitrogen and oxygen atoms in total. The van der Waals surface area contributed by atoms with E-state index < -0.39 is 11.8 Å². The summed E-state index contributed by atoms with van der Waals surface area (Å²) in [6, 6.07) is 11.1. The average molecular weight is 431 g/mol. The van der Waals surface area contributed by atoms with Crippen LogP contribution in [0.25, 0.3) is 6.08 Å². The van der Waals surface area contributed by atoms with E-state index in [1.165, 1.54) is 31.4 Å². The molecule has 1 fully saturated rings. The smallest absolute Gasteiger partial charge is 0.285 e. The molecule has 0 aliphatic carbocycles. The summed E-state index contributed by atoms with van der Waals surface area (Å²) in [7, 11) is 1.54. The maximum absolute atomic E-state index is 12.7. The lowest BCUT2D eigenvalue weighted by molar-refractivity contribution is -0.123. The Bertz CT molecular complexity index is 1010. The summed E-state index contributed by atoms with van der Waals surface area (Å²) in [5.74, 6) is 0.112. The maximum Gasteiger partial charge on any atom is 0.285 e. The Morgan fingerprint density at radius 1 is 1.28 bits per heavy atom. The summed E-state index contributed by atoms with van der Waals surface area (Å²) in [5.41, 5.74) is 3.41. The van der Waals surface area contributed by atoms with Gasteiger partial charge in [-0.2, -0.15) is 5.01 Å². The van der Waals surface area contributed by atoms with Crippen molar-refractivity contribution in [3.63, 3.8) is 0 Å². The Balaban J connectivity index is 1.78. The quantitative estimate of drug-likeness (QED) is 0.537. The zero-order chi connectivity index (χ0) is 21.0. The zero-order valence-electron chi connectivity index (χ0n) is 15.7. The van der Waals surface area contributed by atoms with Crippen LogP contribution in [0.4, 0.5) is 0 Å². The van der Waals surface area contributed by atoms with Crippen LogP contribution in [-0.4, -0.2) is 40.0 Å². The lowest BCUT2D eigenvalue weighted by Gasteiger charge is -2.15. The minimum absolute atomic E-state index is 0.0487. The number of rotatable bonds is 6. The van der Waals surface area contributed by atoms with Crippen molar-refractivity contribution < 1.29 is 24.2 Å². The fourth-order valence-electron chi connectivity index (χ4n) is 2.58. The first-order valence-electron chi connectivity index (χ1n) is 8.61. The molecule has 2 aromatic rings. The molecule has 150 valence electrons. The van der Waals surface area contributed by atoms with Gasteiger partial charge in [0.05, 0.1) is 18.6 Å². The van der Waals surface area contributed by atoms with E-state index in [0.717, 1.165) is 22.3 Å². The number of ether oxygens (including phenoxy) is 2. The molecule has 2 N–H and O–H groups in total. The zero-order valence-corrected chi connectivity index (χ0v) is 17.3. The first kappa shape index (κ1) is 20.7. The number of hydrogen-bond donors (Lipinski definition) is 2.